The highest BCUT2D eigenvalue weighted by atomic mass is 35.5. The molecule has 7 heteroatoms. The first-order chi connectivity index (χ1) is 15.8. The average molecular weight is 478 g/mol. The number of rotatable bonds is 3. The maximum absolute atomic E-state index is 13.8. The summed E-state index contributed by atoms with van der Waals surface area (Å²) >= 11 is 11.8. The number of nitrogens with zero attached hydrogens (tertiary/aromatic N) is 1. The fourth-order valence-electron chi connectivity index (χ4n) is 4.81. The molecule has 1 fully saturated rings. The van der Waals surface area contributed by atoms with Crippen LogP contribution in [0.5, 0.6) is 5.75 Å². The van der Waals surface area contributed by atoms with Gasteiger partial charge in [0.15, 0.2) is 10.8 Å². The van der Waals surface area contributed by atoms with Gasteiger partial charge in [-0.25, -0.2) is 0 Å². The van der Waals surface area contributed by atoms with E-state index >= 15 is 0 Å². The minimum Gasteiger partial charge on any atom is -0.467 e. The number of thiocarbonyl (C=S) groups is 1. The Morgan fingerprint density at radius 1 is 1.09 bits per heavy atom. The second-order valence-electron chi connectivity index (χ2n) is 8.77. The molecule has 0 aliphatic carbocycles. The van der Waals surface area contributed by atoms with Crippen molar-refractivity contribution in [2.75, 3.05) is 10.2 Å². The van der Waals surface area contributed by atoms with Crippen LogP contribution in [0.25, 0.3) is 0 Å². The lowest BCUT2D eigenvalue weighted by Gasteiger charge is -2.56. The summed E-state index contributed by atoms with van der Waals surface area (Å²) < 4.78 is 6.63. The van der Waals surface area contributed by atoms with E-state index in [-0.39, 0.29) is 11.9 Å². The summed E-state index contributed by atoms with van der Waals surface area (Å²) in [6, 6.07) is 20.8. The Bertz CT molecular complexity index is 1260. The van der Waals surface area contributed by atoms with Gasteiger partial charge in [-0.1, -0.05) is 41.4 Å². The number of benzene rings is 3. The highest BCUT2D eigenvalue weighted by Gasteiger charge is 2.59. The van der Waals surface area contributed by atoms with Crippen LogP contribution in [0, 0.1) is 19.8 Å². The molecule has 0 saturated carbocycles. The summed E-state index contributed by atoms with van der Waals surface area (Å²) in [5.41, 5.74) is 3.61. The number of aryl methyl sites for hydroxylation is 2. The molecule has 3 aromatic rings. The second kappa shape index (κ2) is 8.04. The molecule has 5 nitrogen and oxygen atoms in total. The molecule has 2 N–H and O–H groups in total. The summed E-state index contributed by atoms with van der Waals surface area (Å²) in [5, 5.41) is 7.63. The van der Waals surface area contributed by atoms with Crippen molar-refractivity contribution in [3.8, 4) is 5.75 Å². The normalized spacial score (nSPS) is 23.3. The highest BCUT2D eigenvalue weighted by Crippen LogP contribution is 2.50. The van der Waals surface area contributed by atoms with Crippen molar-refractivity contribution in [3.05, 3.63) is 88.4 Å². The van der Waals surface area contributed by atoms with Crippen molar-refractivity contribution in [1.29, 1.82) is 0 Å². The van der Waals surface area contributed by atoms with Crippen LogP contribution >= 0.6 is 23.8 Å². The number of halogens is 1. The van der Waals surface area contributed by atoms with Crippen molar-refractivity contribution in [1.82, 2.24) is 5.32 Å². The minimum atomic E-state index is -1.04. The number of anilines is 2. The molecular formula is C26H24ClN3O2S. The molecule has 168 valence electrons. The zero-order chi connectivity index (χ0) is 23.3. The van der Waals surface area contributed by atoms with Gasteiger partial charge in [-0.2, -0.15) is 0 Å². The Hall–Kier alpha value is -3.09. The summed E-state index contributed by atoms with van der Waals surface area (Å²) in [5.74, 6) is -0.00406. The van der Waals surface area contributed by atoms with Crippen LogP contribution < -0.4 is 20.3 Å². The van der Waals surface area contributed by atoms with Crippen LogP contribution in [0.2, 0.25) is 5.02 Å². The van der Waals surface area contributed by atoms with E-state index in [2.05, 4.69) is 16.7 Å². The molecule has 1 amide bonds. The SMILES string of the molecule is Cc1cccc(N2C(=S)NC3c4cc(C)ccc4OC2(C)C3C(=O)Nc2ccc(Cl)cc2)c1. The zero-order valence-corrected chi connectivity index (χ0v) is 20.1. The van der Waals surface area contributed by atoms with Crippen molar-refractivity contribution >= 4 is 46.2 Å². The van der Waals surface area contributed by atoms with E-state index in [9.17, 15) is 4.79 Å². The number of nitrogens with one attached hydrogen (secondary N) is 2. The Morgan fingerprint density at radius 3 is 2.55 bits per heavy atom. The minimum absolute atomic E-state index is 0.162. The van der Waals surface area contributed by atoms with Gasteiger partial charge in [0, 0.05) is 22.0 Å². The Balaban J connectivity index is 1.63. The standard InChI is InChI=1S/C26H24ClN3O2S/c1-15-5-4-6-19(13-15)30-25(33)29-23-20-14-16(2)7-12-21(20)32-26(30,3)22(23)24(31)28-18-10-8-17(27)9-11-18/h4-14,22-23H,1-3H3,(H,28,31)(H,29,33). The largest absolute Gasteiger partial charge is 0.467 e. The molecule has 0 spiro atoms. The van der Waals surface area contributed by atoms with Gasteiger partial charge in [0.25, 0.3) is 0 Å². The first kappa shape index (κ1) is 21.7. The number of hydrogen-bond donors (Lipinski definition) is 2. The van der Waals surface area contributed by atoms with E-state index in [0.29, 0.717) is 15.8 Å². The van der Waals surface area contributed by atoms with Crippen LogP contribution in [-0.4, -0.2) is 16.7 Å². The smallest absolute Gasteiger partial charge is 0.236 e. The van der Waals surface area contributed by atoms with Crippen molar-refractivity contribution in [2.24, 2.45) is 5.92 Å². The molecular weight excluding hydrogens is 454 g/mol. The summed E-state index contributed by atoms with van der Waals surface area (Å²) in [7, 11) is 0. The van der Waals surface area contributed by atoms with Crippen molar-refractivity contribution in [2.45, 2.75) is 32.5 Å². The number of carbonyl (C=O) groups excluding carboxylic acids is 1. The van der Waals surface area contributed by atoms with Gasteiger partial charge < -0.3 is 15.4 Å². The van der Waals surface area contributed by atoms with Crippen molar-refractivity contribution < 1.29 is 9.53 Å². The Kier molecular flexibility index (Phi) is 5.30. The third kappa shape index (κ3) is 3.73. The molecule has 2 heterocycles. The number of amides is 1. The van der Waals surface area contributed by atoms with E-state index in [1.807, 2.05) is 62.1 Å². The monoisotopic (exact) mass is 477 g/mol. The van der Waals surface area contributed by atoms with E-state index in [4.69, 9.17) is 28.6 Å². The number of hydrogen-bond acceptors (Lipinski definition) is 3. The Labute approximate surface area is 203 Å². The molecule has 3 aromatic carbocycles. The van der Waals surface area contributed by atoms with Crippen LogP contribution in [0.4, 0.5) is 11.4 Å². The van der Waals surface area contributed by atoms with Gasteiger partial charge in [-0.3, -0.25) is 9.69 Å². The predicted octanol–water partition coefficient (Wildman–Crippen LogP) is 5.76. The number of ether oxygens (including phenoxy) is 1. The number of fused-ring (bicyclic) bond motifs is 4. The van der Waals surface area contributed by atoms with Gasteiger partial charge in [0.1, 0.15) is 11.7 Å². The van der Waals surface area contributed by atoms with Gasteiger partial charge in [0.2, 0.25) is 5.91 Å². The van der Waals surface area contributed by atoms with E-state index in [1.165, 1.54) is 0 Å². The Morgan fingerprint density at radius 2 is 1.82 bits per heavy atom. The summed E-state index contributed by atoms with van der Waals surface area (Å²) in [4.78, 5) is 15.7. The molecule has 3 unspecified atom stereocenters. The van der Waals surface area contributed by atoms with E-state index < -0.39 is 11.6 Å². The van der Waals surface area contributed by atoms with E-state index in [0.717, 1.165) is 28.1 Å². The molecule has 0 radical (unpaired) electrons. The number of carbonyl (C=O) groups is 1. The third-order valence-electron chi connectivity index (χ3n) is 6.31. The quantitative estimate of drug-likeness (QED) is 0.470. The van der Waals surface area contributed by atoms with Crippen molar-refractivity contribution in [3.63, 3.8) is 0 Å². The topological polar surface area (TPSA) is 53.6 Å². The molecule has 33 heavy (non-hydrogen) atoms. The molecule has 2 bridgehead atoms. The predicted molar refractivity (Wildman–Crippen MR) is 136 cm³/mol. The lowest BCUT2D eigenvalue weighted by atomic mass is 9.78. The lowest BCUT2D eigenvalue weighted by Crippen LogP contribution is -2.72. The molecule has 5 rings (SSSR count). The van der Waals surface area contributed by atoms with Crippen LogP contribution in [0.3, 0.4) is 0 Å². The molecule has 2 aliphatic rings. The second-order valence-corrected chi connectivity index (χ2v) is 9.60. The van der Waals surface area contributed by atoms with E-state index in [1.54, 1.807) is 24.3 Å². The van der Waals surface area contributed by atoms with Crippen LogP contribution in [0.1, 0.15) is 29.7 Å². The summed E-state index contributed by atoms with van der Waals surface area (Å²) in [6.07, 6.45) is 0. The molecule has 0 aromatic heterocycles. The fraction of sp³-hybridized carbons (Fsp3) is 0.231. The third-order valence-corrected chi connectivity index (χ3v) is 6.86. The van der Waals surface area contributed by atoms with Gasteiger partial charge in [-0.15, -0.1) is 0 Å². The van der Waals surface area contributed by atoms with Gasteiger partial charge >= 0.3 is 0 Å². The fourth-order valence-corrected chi connectivity index (χ4v) is 5.35. The molecule has 2 aliphatic heterocycles. The maximum Gasteiger partial charge on any atom is 0.236 e. The first-order valence-corrected chi connectivity index (χ1v) is 11.6. The van der Waals surface area contributed by atoms with Gasteiger partial charge in [0.05, 0.1) is 6.04 Å². The van der Waals surface area contributed by atoms with Crippen LogP contribution in [-0.2, 0) is 4.79 Å². The molecule has 1 saturated heterocycles. The maximum atomic E-state index is 13.8. The molecule has 3 atom stereocenters. The zero-order valence-electron chi connectivity index (χ0n) is 18.6. The van der Waals surface area contributed by atoms with Gasteiger partial charge in [-0.05, 0) is 81.0 Å². The van der Waals surface area contributed by atoms with Crippen LogP contribution in [0.15, 0.2) is 66.7 Å². The summed E-state index contributed by atoms with van der Waals surface area (Å²) in [6.45, 7) is 5.99. The highest BCUT2D eigenvalue weighted by molar-refractivity contribution is 7.80. The first-order valence-electron chi connectivity index (χ1n) is 10.8. The lowest BCUT2D eigenvalue weighted by molar-refractivity contribution is -0.130. The average Bonchev–Trinajstić information content (AvgIpc) is 2.75.